The molecule has 0 saturated heterocycles. The number of nitrogens with zero attached hydrogens (tertiary/aromatic N) is 1. The van der Waals surface area contributed by atoms with Gasteiger partial charge >= 0.3 is 0 Å². The summed E-state index contributed by atoms with van der Waals surface area (Å²) in [6.07, 6.45) is -5.65. The topological polar surface area (TPSA) is 152 Å². The normalized spacial score (nSPS) is 19.1. The molecule has 0 amide bonds. The summed E-state index contributed by atoms with van der Waals surface area (Å²) < 4.78 is 0. The van der Waals surface area contributed by atoms with Gasteiger partial charge in [-0.1, -0.05) is 0 Å². The van der Waals surface area contributed by atoms with E-state index in [2.05, 4.69) is 22.7 Å². The van der Waals surface area contributed by atoms with E-state index in [-0.39, 0.29) is 5.11 Å². The number of hydrogen-bond donors (Lipinski definition) is 7. The Morgan fingerprint density at radius 3 is 2.31 bits per heavy atom. The summed E-state index contributed by atoms with van der Waals surface area (Å²) in [5.41, 5.74) is 7.15. The van der Waals surface area contributed by atoms with Gasteiger partial charge in [0.25, 0.3) is 0 Å². The van der Waals surface area contributed by atoms with Crippen molar-refractivity contribution in [3.05, 3.63) is 0 Å². The Kier molecular flexibility index (Phi) is 7.05. The summed E-state index contributed by atoms with van der Waals surface area (Å²) in [5, 5.41) is 48.5. The van der Waals surface area contributed by atoms with Crippen LogP contribution >= 0.6 is 12.2 Å². The van der Waals surface area contributed by atoms with Crippen molar-refractivity contribution in [2.24, 2.45) is 10.8 Å². The van der Waals surface area contributed by atoms with E-state index < -0.39 is 31.0 Å². The highest BCUT2D eigenvalue weighted by molar-refractivity contribution is 7.80. The lowest BCUT2D eigenvalue weighted by Crippen LogP contribution is -2.46. The molecular weight excluding hydrogens is 238 g/mol. The Balaban J connectivity index is 4.21. The molecule has 8 N–H and O–H groups in total. The third-order valence-electron chi connectivity index (χ3n) is 1.68. The van der Waals surface area contributed by atoms with Crippen LogP contribution in [0.3, 0.4) is 0 Å². The Morgan fingerprint density at radius 1 is 1.31 bits per heavy atom. The first-order valence-electron chi connectivity index (χ1n) is 4.32. The predicted octanol–water partition coefficient (Wildman–Crippen LogP) is -3.76. The lowest BCUT2D eigenvalue weighted by molar-refractivity contribution is -0.0999. The van der Waals surface area contributed by atoms with Crippen molar-refractivity contribution in [1.29, 1.82) is 0 Å². The van der Waals surface area contributed by atoms with Crippen LogP contribution in [0.5, 0.6) is 0 Å². The van der Waals surface area contributed by atoms with Crippen LogP contribution in [0, 0.1) is 0 Å². The molecule has 0 saturated carbocycles. The van der Waals surface area contributed by atoms with Crippen LogP contribution in [-0.2, 0) is 0 Å². The van der Waals surface area contributed by atoms with Gasteiger partial charge in [-0.25, -0.2) is 0 Å². The SMILES string of the molecule is NC(=S)N/N=C\[C@H](O)[C@H](O)[C@@H](O)[C@H](O)CO. The molecule has 0 bridgehead atoms. The predicted molar refractivity (Wildman–Crippen MR) is 59.5 cm³/mol. The van der Waals surface area contributed by atoms with Crippen molar-refractivity contribution in [1.82, 2.24) is 5.43 Å². The molecule has 0 aromatic heterocycles. The van der Waals surface area contributed by atoms with E-state index in [0.29, 0.717) is 0 Å². The molecule has 0 aromatic rings. The minimum Gasteiger partial charge on any atom is -0.394 e. The van der Waals surface area contributed by atoms with Crippen molar-refractivity contribution in [2.45, 2.75) is 24.4 Å². The van der Waals surface area contributed by atoms with Crippen LogP contribution in [0.2, 0.25) is 0 Å². The molecule has 9 heteroatoms. The maximum absolute atomic E-state index is 9.30. The fourth-order valence-electron chi connectivity index (χ4n) is 0.803. The minimum atomic E-state index is -1.70. The average molecular weight is 253 g/mol. The number of hydrogen-bond acceptors (Lipinski definition) is 7. The van der Waals surface area contributed by atoms with E-state index in [9.17, 15) is 15.3 Å². The summed E-state index contributed by atoms with van der Waals surface area (Å²) in [4.78, 5) is 0. The summed E-state index contributed by atoms with van der Waals surface area (Å²) in [5.74, 6) is 0. The number of rotatable bonds is 6. The summed E-state index contributed by atoms with van der Waals surface area (Å²) >= 11 is 4.41. The molecule has 16 heavy (non-hydrogen) atoms. The number of thiocarbonyl (C=S) groups is 1. The van der Waals surface area contributed by atoms with E-state index in [0.717, 1.165) is 6.21 Å². The molecule has 0 aromatic carbocycles. The molecule has 94 valence electrons. The third-order valence-corrected chi connectivity index (χ3v) is 1.77. The number of nitrogens with two attached hydrogens (primary N) is 1. The summed E-state index contributed by atoms with van der Waals surface area (Å²) in [6.45, 7) is -0.743. The van der Waals surface area contributed by atoms with Gasteiger partial charge in [0.15, 0.2) is 5.11 Å². The Morgan fingerprint density at radius 2 is 1.88 bits per heavy atom. The molecule has 0 radical (unpaired) electrons. The Hall–Kier alpha value is -0.840. The molecule has 0 aliphatic rings. The fourth-order valence-corrected chi connectivity index (χ4v) is 0.856. The van der Waals surface area contributed by atoms with Crippen LogP contribution in [0.4, 0.5) is 0 Å². The first-order valence-corrected chi connectivity index (χ1v) is 4.72. The molecule has 0 rings (SSSR count). The molecule has 0 aliphatic carbocycles. The van der Waals surface area contributed by atoms with Crippen molar-refractivity contribution in [2.75, 3.05) is 6.61 Å². The number of hydrazone groups is 1. The maximum Gasteiger partial charge on any atom is 0.184 e. The van der Waals surface area contributed by atoms with Gasteiger partial charge in [-0.15, -0.1) is 0 Å². The quantitative estimate of drug-likeness (QED) is 0.145. The average Bonchev–Trinajstić information content (AvgIpc) is 2.25. The second-order valence-electron chi connectivity index (χ2n) is 2.98. The molecule has 0 aliphatic heterocycles. The summed E-state index contributed by atoms with van der Waals surface area (Å²) in [7, 11) is 0. The van der Waals surface area contributed by atoms with Gasteiger partial charge < -0.3 is 31.3 Å². The lowest BCUT2D eigenvalue weighted by atomic mass is 10.0. The zero-order valence-electron chi connectivity index (χ0n) is 8.26. The Labute approximate surface area is 97.0 Å². The molecule has 0 spiro atoms. The van der Waals surface area contributed by atoms with Crippen molar-refractivity contribution in [3.63, 3.8) is 0 Å². The first-order chi connectivity index (χ1) is 7.40. The maximum atomic E-state index is 9.30. The molecular formula is C7H15N3O5S. The van der Waals surface area contributed by atoms with E-state index in [1.54, 1.807) is 0 Å². The van der Waals surface area contributed by atoms with E-state index in [4.69, 9.17) is 15.9 Å². The zero-order chi connectivity index (χ0) is 12.7. The number of aliphatic hydroxyl groups excluding tert-OH is 5. The smallest absolute Gasteiger partial charge is 0.184 e. The largest absolute Gasteiger partial charge is 0.394 e. The molecule has 0 fully saturated rings. The van der Waals surface area contributed by atoms with E-state index in [1.807, 2.05) is 0 Å². The van der Waals surface area contributed by atoms with E-state index in [1.165, 1.54) is 0 Å². The van der Waals surface area contributed by atoms with Crippen molar-refractivity contribution in [3.8, 4) is 0 Å². The van der Waals surface area contributed by atoms with Crippen molar-refractivity contribution < 1.29 is 25.5 Å². The molecule has 8 nitrogen and oxygen atoms in total. The zero-order valence-corrected chi connectivity index (χ0v) is 9.08. The van der Waals surface area contributed by atoms with Gasteiger partial charge in [0.1, 0.15) is 24.4 Å². The standard InChI is InChI=1S/C7H15N3O5S/c8-7(16)10-9-1-3(12)5(14)6(15)4(13)2-11/h1,3-6,11-15H,2H2,(H3,8,10,16)/b9-1-/t3-,4+,5-,6-/m0/s1. The fraction of sp³-hybridized carbons (Fsp3) is 0.714. The van der Waals surface area contributed by atoms with Gasteiger partial charge in [-0.05, 0) is 12.2 Å². The van der Waals surface area contributed by atoms with Crippen LogP contribution in [0.1, 0.15) is 0 Å². The van der Waals surface area contributed by atoms with Gasteiger partial charge in [0.2, 0.25) is 0 Å². The lowest BCUT2D eigenvalue weighted by Gasteiger charge is -2.23. The molecule has 0 heterocycles. The highest BCUT2D eigenvalue weighted by Crippen LogP contribution is 2.03. The first kappa shape index (κ1) is 15.2. The summed E-state index contributed by atoms with van der Waals surface area (Å²) in [6, 6.07) is 0. The van der Waals surface area contributed by atoms with Crippen molar-refractivity contribution >= 4 is 23.5 Å². The highest BCUT2D eigenvalue weighted by Gasteiger charge is 2.29. The van der Waals surface area contributed by atoms with Crippen LogP contribution in [-0.4, -0.2) is 67.9 Å². The second-order valence-corrected chi connectivity index (χ2v) is 3.42. The van der Waals surface area contributed by atoms with Gasteiger partial charge in [-0.2, -0.15) is 5.10 Å². The number of aliphatic hydroxyl groups is 5. The van der Waals surface area contributed by atoms with Crippen LogP contribution < -0.4 is 11.2 Å². The van der Waals surface area contributed by atoms with Crippen LogP contribution in [0.15, 0.2) is 5.10 Å². The highest BCUT2D eigenvalue weighted by atomic mass is 32.1. The van der Waals surface area contributed by atoms with Gasteiger partial charge in [-0.3, -0.25) is 5.43 Å². The van der Waals surface area contributed by atoms with Gasteiger partial charge in [0, 0.05) is 0 Å². The monoisotopic (exact) mass is 253 g/mol. The second kappa shape index (κ2) is 7.44. The van der Waals surface area contributed by atoms with E-state index >= 15 is 0 Å². The third kappa shape index (κ3) is 5.30. The molecule has 0 unspecified atom stereocenters. The minimum absolute atomic E-state index is 0.131. The van der Waals surface area contributed by atoms with Crippen LogP contribution in [0.25, 0.3) is 0 Å². The number of nitrogens with one attached hydrogen (secondary N) is 1. The Bertz CT molecular complexity index is 252. The molecule has 4 atom stereocenters. The van der Waals surface area contributed by atoms with Gasteiger partial charge in [0.05, 0.1) is 12.8 Å².